The van der Waals surface area contributed by atoms with Gasteiger partial charge in [-0.1, -0.05) is 6.42 Å². The van der Waals surface area contributed by atoms with E-state index in [1.54, 1.807) is 18.2 Å². The second-order valence-electron chi connectivity index (χ2n) is 6.92. The maximum Gasteiger partial charge on any atom is 0.306 e. The first-order valence-corrected chi connectivity index (χ1v) is 8.52. The summed E-state index contributed by atoms with van der Waals surface area (Å²) in [4.78, 5) is 23.9. The van der Waals surface area contributed by atoms with Crippen molar-refractivity contribution in [2.75, 3.05) is 18.7 Å². The number of ether oxygens (including phenoxy) is 3. The zero-order valence-electron chi connectivity index (χ0n) is 13.5. The van der Waals surface area contributed by atoms with Crippen LogP contribution in [0, 0.1) is 17.8 Å². The quantitative estimate of drug-likeness (QED) is 0.840. The molecule has 2 saturated carbocycles. The zero-order chi connectivity index (χ0) is 16.5. The molecule has 0 aromatic heterocycles. The number of amides is 1. The van der Waals surface area contributed by atoms with Crippen molar-refractivity contribution in [1.29, 1.82) is 0 Å². The van der Waals surface area contributed by atoms with E-state index in [4.69, 9.17) is 14.2 Å². The van der Waals surface area contributed by atoms with E-state index in [-0.39, 0.29) is 25.3 Å². The second kappa shape index (κ2) is 6.34. The van der Waals surface area contributed by atoms with Gasteiger partial charge in [-0.15, -0.1) is 0 Å². The summed E-state index contributed by atoms with van der Waals surface area (Å²) < 4.78 is 15.6. The molecule has 1 amide bonds. The normalized spacial score (nSPS) is 26.4. The van der Waals surface area contributed by atoms with Crippen LogP contribution < -0.4 is 14.8 Å². The SMILES string of the molecule is O=C(COC(=O)CC1CC2CCC1C2)Nc1ccc2c(c1)OCO2. The molecule has 2 bridgehead atoms. The maximum atomic E-state index is 11.9. The number of esters is 1. The summed E-state index contributed by atoms with van der Waals surface area (Å²) in [5.74, 6) is 2.58. The number of fused-ring (bicyclic) bond motifs is 3. The van der Waals surface area contributed by atoms with Crippen molar-refractivity contribution in [3.8, 4) is 11.5 Å². The topological polar surface area (TPSA) is 73.9 Å². The molecule has 6 heteroatoms. The predicted octanol–water partition coefficient (Wildman–Crippen LogP) is 2.72. The Morgan fingerprint density at radius 3 is 2.83 bits per heavy atom. The van der Waals surface area contributed by atoms with Crippen molar-refractivity contribution in [2.45, 2.75) is 32.1 Å². The number of anilines is 1. The van der Waals surface area contributed by atoms with Crippen LogP contribution in [0.1, 0.15) is 32.1 Å². The highest BCUT2D eigenvalue weighted by Crippen LogP contribution is 2.49. The van der Waals surface area contributed by atoms with Gasteiger partial charge in [-0.05, 0) is 49.1 Å². The van der Waals surface area contributed by atoms with Crippen LogP contribution in [-0.2, 0) is 14.3 Å². The summed E-state index contributed by atoms with van der Waals surface area (Å²) in [7, 11) is 0. The van der Waals surface area contributed by atoms with Gasteiger partial charge in [0.25, 0.3) is 5.91 Å². The minimum atomic E-state index is -0.352. The Morgan fingerprint density at radius 2 is 2.04 bits per heavy atom. The molecule has 2 aliphatic carbocycles. The van der Waals surface area contributed by atoms with E-state index in [1.807, 2.05) is 0 Å². The minimum Gasteiger partial charge on any atom is -0.456 e. The number of rotatable bonds is 5. The van der Waals surface area contributed by atoms with Crippen LogP contribution in [0.3, 0.4) is 0 Å². The molecular weight excluding hydrogens is 310 g/mol. The summed E-state index contributed by atoms with van der Waals surface area (Å²) in [5, 5.41) is 2.70. The van der Waals surface area contributed by atoms with Crippen LogP contribution >= 0.6 is 0 Å². The van der Waals surface area contributed by atoms with E-state index in [0.29, 0.717) is 35.4 Å². The molecule has 6 nitrogen and oxygen atoms in total. The van der Waals surface area contributed by atoms with Crippen LogP contribution in [0.5, 0.6) is 11.5 Å². The van der Waals surface area contributed by atoms with Gasteiger partial charge >= 0.3 is 5.97 Å². The number of nitrogens with one attached hydrogen (secondary N) is 1. The van der Waals surface area contributed by atoms with Crippen LogP contribution in [0.15, 0.2) is 18.2 Å². The standard InChI is InChI=1S/C18H21NO5/c20-17(19-14-3-4-15-16(8-14)24-10-23-15)9-22-18(21)7-13-6-11-1-2-12(13)5-11/h3-4,8,11-13H,1-2,5-7,9-10H2,(H,19,20). The second-order valence-corrected chi connectivity index (χ2v) is 6.92. The third-order valence-corrected chi connectivity index (χ3v) is 5.33. The molecule has 0 spiro atoms. The molecule has 1 aromatic carbocycles. The summed E-state index contributed by atoms with van der Waals surface area (Å²) in [6, 6.07) is 5.15. The van der Waals surface area contributed by atoms with Gasteiger partial charge in [-0.25, -0.2) is 0 Å². The first-order valence-electron chi connectivity index (χ1n) is 8.52. The van der Waals surface area contributed by atoms with Gasteiger partial charge in [-0.3, -0.25) is 9.59 Å². The van der Waals surface area contributed by atoms with Crippen molar-refractivity contribution in [3.05, 3.63) is 18.2 Å². The fourth-order valence-corrected chi connectivity index (χ4v) is 4.22. The van der Waals surface area contributed by atoms with Gasteiger partial charge < -0.3 is 19.5 Å². The Kier molecular flexibility index (Phi) is 4.04. The first kappa shape index (κ1) is 15.3. The molecule has 0 radical (unpaired) electrons. The van der Waals surface area contributed by atoms with E-state index < -0.39 is 0 Å². The van der Waals surface area contributed by atoms with Gasteiger partial charge in [-0.2, -0.15) is 0 Å². The van der Waals surface area contributed by atoms with Gasteiger partial charge in [0.15, 0.2) is 18.1 Å². The molecule has 3 atom stereocenters. The van der Waals surface area contributed by atoms with Crippen molar-refractivity contribution in [3.63, 3.8) is 0 Å². The first-order chi connectivity index (χ1) is 11.7. The highest BCUT2D eigenvalue weighted by atomic mass is 16.7. The van der Waals surface area contributed by atoms with E-state index in [9.17, 15) is 9.59 Å². The van der Waals surface area contributed by atoms with E-state index in [2.05, 4.69) is 5.32 Å². The summed E-state index contributed by atoms with van der Waals surface area (Å²) in [6.07, 6.45) is 5.41. The monoisotopic (exact) mass is 331 g/mol. The summed E-state index contributed by atoms with van der Waals surface area (Å²) >= 11 is 0. The van der Waals surface area contributed by atoms with Crippen LogP contribution in [0.25, 0.3) is 0 Å². The summed E-state index contributed by atoms with van der Waals surface area (Å²) in [6.45, 7) is -0.0680. The van der Waals surface area contributed by atoms with E-state index in [1.165, 1.54) is 19.3 Å². The Morgan fingerprint density at radius 1 is 1.17 bits per heavy atom. The number of hydrogen-bond donors (Lipinski definition) is 1. The van der Waals surface area contributed by atoms with Gasteiger partial charge in [0.2, 0.25) is 6.79 Å². The number of carbonyl (C=O) groups excluding carboxylic acids is 2. The molecule has 2 fully saturated rings. The Labute approximate surface area is 140 Å². The third kappa shape index (κ3) is 3.18. The highest BCUT2D eigenvalue weighted by molar-refractivity contribution is 5.93. The van der Waals surface area contributed by atoms with Crippen molar-refractivity contribution >= 4 is 17.6 Å². The lowest BCUT2D eigenvalue weighted by Gasteiger charge is -2.20. The van der Waals surface area contributed by atoms with Gasteiger partial charge in [0.05, 0.1) is 0 Å². The van der Waals surface area contributed by atoms with E-state index >= 15 is 0 Å². The van der Waals surface area contributed by atoms with Gasteiger partial charge in [0.1, 0.15) is 0 Å². The highest BCUT2D eigenvalue weighted by Gasteiger charge is 2.40. The maximum absolute atomic E-state index is 11.9. The number of carbonyl (C=O) groups is 2. The fraction of sp³-hybridized carbons (Fsp3) is 0.556. The molecule has 1 aromatic rings. The van der Waals surface area contributed by atoms with Crippen molar-refractivity contribution < 1.29 is 23.8 Å². The number of hydrogen-bond acceptors (Lipinski definition) is 5. The van der Waals surface area contributed by atoms with Gasteiger partial charge in [0, 0.05) is 18.2 Å². The molecule has 128 valence electrons. The fourth-order valence-electron chi connectivity index (χ4n) is 4.22. The van der Waals surface area contributed by atoms with Crippen molar-refractivity contribution in [2.24, 2.45) is 17.8 Å². The molecule has 1 aliphatic heterocycles. The molecule has 4 rings (SSSR count). The minimum absolute atomic E-state index is 0.188. The molecule has 0 saturated heterocycles. The Balaban J connectivity index is 1.22. The lowest BCUT2D eigenvalue weighted by atomic mass is 9.86. The lowest BCUT2D eigenvalue weighted by Crippen LogP contribution is -2.23. The third-order valence-electron chi connectivity index (χ3n) is 5.33. The molecule has 3 unspecified atom stereocenters. The zero-order valence-corrected chi connectivity index (χ0v) is 13.5. The largest absolute Gasteiger partial charge is 0.456 e. The number of benzene rings is 1. The Hall–Kier alpha value is -2.24. The molecule has 24 heavy (non-hydrogen) atoms. The molecule has 3 aliphatic rings. The molecule has 1 N–H and O–H groups in total. The average Bonchev–Trinajstić information content (AvgIpc) is 3.28. The lowest BCUT2D eigenvalue weighted by molar-refractivity contribution is -0.148. The van der Waals surface area contributed by atoms with Crippen LogP contribution in [0.2, 0.25) is 0 Å². The average molecular weight is 331 g/mol. The molecule has 1 heterocycles. The van der Waals surface area contributed by atoms with Crippen molar-refractivity contribution in [1.82, 2.24) is 0 Å². The summed E-state index contributed by atoms with van der Waals surface area (Å²) in [5.41, 5.74) is 0.591. The smallest absolute Gasteiger partial charge is 0.306 e. The predicted molar refractivity (Wildman–Crippen MR) is 85.7 cm³/mol. The van der Waals surface area contributed by atoms with E-state index in [0.717, 1.165) is 12.3 Å². The van der Waals surface area contributed by atoms with Crippen LogP contribution in [-0.4, -0.2) is 25.3 Å². The van der Waals surface area contributed by atoms with Crippen LogP contribution in [0.4, 0.5) is 5.69 Å². The Bertz CT molecular complexity index is 659. The molecular formula is C18H21NO5.